The van der Waals surface area contributed by atoms with Gasteiger partial charge in [-0.2, -0.15) is 0 Å². The molecule has 4 rings (SSSR count). The Hall–Kier alpha value is -5.08. The lowest BCUT2D eigenvalue weighted by Crippen LogP contribution is -2.30. The van der Waals surface area contributed by atoms with E-state index in [1.807, 2.05) is 0 Å². The number of anilines is 4. The van der Waals surface area contributed by atoms with Gasteiger partial charge in [0.05, 0.1) is 9.79 Å². The van der Waals surface area contributed by atoms with Gasteiger partial charge in [0.1, 0.15) is 0 Å². The van der Waals surface area contributed by atoms with Gasteiger partial charge >= 0.3 is 12.1 Å². The summed E-state index contributed by atoms with van der Waals surface area (Å²) in [6, 6.07) is 28.1. The van der Waals surface area contributed by atoms with E-state index in [1.54, 1.807) is 60.7 Å². The first-order valence-corrected chi connectivity index (χ1v) is 17.5. The van der Waals surface area contributed by atoms with Gasteiger partial charge in [0.2, 0.25) is 0 Å². The van der Waals surface area contributed by atoms with Crippen molar-refractivity contribution in [3.63, 3.8) is 0 Å². The zero-order chi connectivity index (χ0) is 32.8. The second kappa shape index (κ2) is 16.3. The number of sulfonamides is 2. The molecule has 0 saturated heterocycles. The minimum atomic E-state index is -3.74. The Morgan fingerprint density at radius 3 is 1.13 bits per heavy atom. The quantitative estimate of drug-likeness (QED) is 0.0877. The third-order valence-corrected chi connectivity index (χ3v) is 9.37. The van der Waals surface area contributed by atoms with Crippen molar-refractivity contribution < 1.29 is 26.4 Å². The number of unbranched alkanes of at least 4 members (excludes halogenated alkanes) is 3. The highest BCUT2D eigenvalue weighted by atomic mass is 32.2. The number of hydrogen-bond acceptors (Lipinski definition) is 6. The van der Waals surface area contributed by atoms with Crippen molar-refractivity contribution in [1.82, 2.24) is 10.6 Å². The molecule has 0 heterocycles. The van der Waals surface area contributed by atoms with Gasteiger partial charge in [-0.3, -0.25) is 9.44 Å². The van der Waals surface area contributed by atoms with Crippen LogP contribution in [0, 0.1) is 0 Å². The third kappa shape index (κ3) is 10.8. The predicted molar refractivity (Wildman–Crippen MR) is 180 cm³/mol. The first-order valence-electron chi connectivity index (χ1n) is 14.6. The molecule has 12 nitrogen and oxygen atoms in total. The van der Waals surface area contributed by atoms with E-state index in [9.17, 15) is 26.4 Å². The molecule has 4 amide bonds. The standard InChI is InChI=1S/C32H36N6O6S2/c39-31(35-25-15-19-29(20-16-25)45(41,42)37-27-11-5-3-6-12-27)33-23-9-1-2-10-24-34-32(40)36-26-17-21-30(22-18-26)46(43,44)38-28-13-7-4-8-14-28/h3-8,11-22,37-38H,1-2,9-10,23-24H2,(H2,33,35,39)(H2,34,36,40). The van der Waals surface area contributed by atoms with Crippen LogP contribution >= 0.6 is 0 Å². The van der Waals surface area contributed by atoms with E-state index in [0.717, 1.165) is 25.7 Å². The van der Waals surface area contributed by atoms with Crippen LogP contribution in [-0.4, -0.2) is 42.0 Å². The molecule has 0 aliphatic carbocycles. The zero-order valence-corrected chi connectivity index (χ0v) is 26.5. The number of rotatable bonds is 15. The van der Waals surface area contributed by atoms with Gasteiger partial charge in [-0.1, -0.05) is 49.2 Å². The molecule has 0 aliphatic heterocycles. The first-order chi connectivity index (χ1) is 22.1. The summed E-state index contributed by atoms with van der Waals surface area (Å²) in [6.07, 6.45) is 3.18. The Kier molecular flexibility index (Phi) is 12.0. The van der Waals surface area contributed by atoms with Crippen LogP contribution in [0.3, 0.4) is 0 Å². The van der Waals surface area contributed by atoms with Crippen molar-refractivity contribution in [2.24, 2.45) is 0 Å². The number of amides is 4. The first kappa shape index (κ1) is 33.8. The minimum absolute atomic E-state index is 0.0773. The predicted octanol–water partition coefficient (Wildman–Crippen LogP) is 5.79. The highest BCUT2D eigenvalue weighted by Crippen LogP contribution is 2.19. The number of urea groups is 2. The fourth-order valence-electron chi connectivity index (χ4n) is 4.23. The monoisotopic (exact) mass is 664 g/mol. The van der Waals surface area contributed by atoms with Gasteiger partial charge in [-0.25, -0.2) is 26.4 Å². The van der Waals surface area contributed by atoms with Crippen molar-refractivity contribution in [2.45, 2.75) is 35.5 Å². The highest BCUT2D eigenvalue weighted by Gasteiger charge is 2.15. The van der Waals surface area contributed by atoms with Crippen LogP contribution in [0.5, 0.6) is 0 Å². The smallest absolute Gasteiger partial charge is 0.319 e. The lowest BCUT2D eigenvalue weighted by Gasteiger charge is -2.11. The maximum Gasteiger partial charge on any atom is 0.319 e. The maximum atomic E-state index is 12.5. The van der Waals surface area contributed by atoms with Crippen LogP contribution in [-0.2, 0) is 20.0 Å². The van der Waals surface area contributed by atoms with E-state index in [-0.39, 0.29) is 9.79 Å². The summed E-state index contributed by atoms with van der Waals surface area (Å²) in [5.74, 6) is 0. The minimum Gasteiger partial charge on any atom is -0.338 e. The summed E-state index contributed by atoms with van der Waals surface area (Å²) in [5.41, 5.74) is 1.83. The van der Waals surface area contributed by atoms with Gasteiger partial charge in [-0.15, -0.1) is 0 Å². The highest BCUT2D eigenvalue weighted by molar-refractivity contribution is 7.93. The van der Waals surface area contributed by atoms with E-state index in [4.69, 9.17) is 0 Å². The van der Waals surface area contributed by atoms with Crippen LogP contribution in [0.15, 0.2) is 119 Å². The van der Waals surface area contributed by atoms with Crippen LogP contribution in [0.25, 0.3) is 0 Å². The average Bonchev–Trinajstić information content (AvgIpc) is 3.03. The van der Waals surface area contributed by atoms with Crippen molar-refractivity contribution in [3.8, 4) is 0 Å². The zero-order valence-electron chi connectivity index (χ0n) is 24.9. The average molecular weight is 665 g/mol. The van der Waals surface area contributed by atoms with Crippen LogP contribution in [0.1, 0.15) is 25.7 Å². The molecule has 0 fully saturated rings. The van der Waals surface area contributed by atoms with E-state index in [2.05, 4.69) is 30.7 Å². The molecule has 0 saturated carbocycles. The molecule has 0 spiro atoms. The summed E-state index contributed by atoms with van der Waals surface area (Å²) in [6.45, 7) is 0.916. The molecular formula is C32H36N6O6S2. The Morgan fingerprint density at radius 1 is 0.435 bits per heavy atom. The molecule has 0 unspecified atom stereocenters. The largest absolute Gasteiger partial charge is 0.338 e. The number of benzene rings is 4. The molecule has 0 atom stereocenters. The van der Waals surface area contributed by atoms with Gasteiger partial charge in [0.15, 0.2) is 0 Å². The third-order valence-electron chi connectivity index (χ3n) is 6.57. The molecule has 46 heavy (non-hydrogen) atoms. The van der Waals surface area contributed by atoms with Crippen LogP contribution in [0.2, 0.25) is 0 Å². The molecule has 0 bridgehead atoms. The molecule has 4 aromatic rings. The summed E-state index contributed by atoms with van der Waals surface area (Å²) in [7, 11) is -7.49. The Morgan fingerprint density at radius 2 is 0.783 bits per heavy atom. The molecular weight excluding hydrogens is 629 g/mol. The topological polar surface area (TPSA) is 175 Å². The fraction of sp³-hybridized carbons (Fsp3) is 0.188. The molecule has 0 radical (unpaired) electrons. The SMILES string of the molecule is O=C(NCCCCCCNC(=O)Nc1ccc(S(=O)(=O)Nc2ccccc2)cc1)Nc1ccc(S(=O)(=O)Nc2ccccc2)cc1. The fourth-order valence-corrected chi connectivity index (χ4v) is 6.35. The van der Waals surface area contributed by atoms with Crippen molar-refractivity contribution in [2.75, 3.05) is 33.2 Å². The molecule has 0 aliphatic rings. The van der Waals surface area contributed by atoms with Gasteiger partial charge in [0, 0.05) is 35.8 Å². The number of carbonyl (C=O) groups excluding carboxylic acids is 2. The normalized spacial score (nSPS) is 11.2. The molecule has 6 N–H and O–H groups in total. The Labute approximate surface area is 269 Å². The lowest BCUT2D eigenvalue weighted by atomic mass is 10.2. The number of carbonyl (C=O) groups is 2. The lowest BCUT2D eigenvalue weighted by molar-refractivity contribution is 0.250. The molecule has 14 heteroatoms. The van der Waals surface area contributed by atoms with Crippen LogP contribution in [0.4, 0.5) is 32.3 Å². The van der Waals surface area contributed by atoms with Gasteiger partial charge < -0.3 is 21.3 Å². The van der Waals surface area contributed by atoms with Crippen molar-refractivity contribution in [3.05, 3.63) is 109 Å². The van der Waals surface area contributed by atoms with Gasteiger partial charge in [-0.05, 0) is 85.6 Å². The summed E-state index contributed by atoms with van der Waals surface area (Å²) < 4.78 is 55.2. The second-order valence-electron chi connectivity index (χ2n) is 10.2. The number of hydrogen-bond donors (Lipinski definition) is 6. The maximum absolute atomic E-state index is 12.5. The Bertz CT molecular complexity index is 1650. The van der Waals surface area contributed by atoms with Gasteiger partial charge in [0.25, 0.3) is 20.0 Å². The van der Waals surface area contributed by atoms with Crippen molar-refractivity contribution in [1.29, 1.82) is 0 Å². The van der Waals surface area contributed by atoms with E-state index >= 15 is 0 Å². The molecule has 4 aromatic carbocycles. The van der Waals surface area contributed by atoms with Crippen molar-refractivity contribution >= 4 is 54.9 Å². The number of nitrogens with one attached hydrogen (secondary N) is 6. The summed E-state index contributed by atoms with van der Waals surface area (Å²) >= 11 is 0. The van der Waals surface area contributed by atoms with Crippen LogP contribution < -0.4 is 30.7 Å². The summed E-state index contributed by atoms with van der Waals surface area (Å²) in [5, 5.41) is 10.9. The summed E-state index contributed by atoms with van der Waals surface area (Å²) in [4.78, 5) is 24.5. The molecule has 242 valence electrons. The Balaban J connectivity index is 1.06. The van der Waals surface area contributed by atoms with E-state index in [0.29, 0.717) is 35.8 Å². The second-order valence-corrected chi connectivity index (χ2v) is 13.5. The van der Waals surface area contributed by atoms with E-state index in [1.165, 1.54) is 48.5 Å². The number of para-hydroxylation sites is 2. The molecule has 0 aromatic heterocycles. The van der Waals surface area contributed by atoms with E-state index < -0.39 is 32.1 Å².